The molecule has 2 unspecified atom stereocenters. The van der Waals surface area contributed by atoms with Gasteiger partial charge in [0.25, 0.3) is 0 Å². The van der Waals surface area contributed by atoms with Crippen molar-refractivity contribution < 1.29 is 33.0 Å². The highest BCUT2D eigenvalue weighted by molar-refractivity contribution is 5.89. The molecule has 3 aromatic carbocycles. The van der Waals surface area contributed by atoms with E-state index in [-0.39, 0.29) is 29.9 Å². The third-order valence-electron chi connectivity index (χ3n) is 8.02. The van der Waals surface area contributed by atoms with Crippen LogP contribution in [0, 0.1) is 23.5 Å². The molecule has 11 heteroatoms. The number of anilines is 1. The Bertz CT molecular complexity index is 1440. The quantitative estimate of drug-likeness (QED) is 0.229. The average molecular weight is 630 g/mol. The predicted molar refractivity (Wildman–Crippen MR) is 166 cm³/mol. The molecule has 3 N–H and O–H groups in total. The van der Waals surface area contributed by atoms with Crippen LogP contribution in [-0.2, 0) is 16.6 Å². The minimum atomic E-state index is -1.03. The lowest BCUT2D eigenvalue weighted by atomic mass is 9.87. The Morgan fingerprint density at radius 2 is 1.61 bits per heavy atom. The molecule has 44 heavy (non-hydrogen) atoms. The van der Waals surface area contributed by atoms with Gasteiger partial charge in [0.1, 0.15) is 29.7 Å². The summed E-state index contributed by atoms with van der Waals surface area (Å²) in [7, 11) is 0. The zero-order valence-electron chi connectivity index (χ0n) is 24.9. The van der Waals surface area contributed by atoms with Gasteiger partial charge >= 0.3 is 12.0 Å². The number of likely N-dealkylation sites (tertiary alicyclic amines) is 1. The molecule has 1 saturated carbocycles. The first kappa shape index (κ1) is 33.0. The minimum Gasteiger partial charge on any atom is -0.492 e. The van der Waals surface area contributed by atoms with Gasteiger partial charge in [-0.15, -0.1) is 12.4 Å². The summed E-state index contributed by atoms with van der Waals surface area (Å²) in [5, 5.41) is 15.6. The standard InChI is InChI=1S/C33H37F2N3O5.ClH/c1-33(2,3)21-6-11-24(12-7-21)43-29(31(39)40)16-20-4-9-23(10-5-20)42-15-14-36-30-25-18-38(19-26(25)30)32(41)37-28-17-22(34)8-13-27(28)35;/h4-13,17,25-26,29-30,36H,14-16,18-19H2,1-3H3,(H,37,41)(H,39,40);1H/t25-,26?,29-,30?;/m0./s1. The highest BCUT2D eigenvalue weighted by atomic mass is 35.5. The maximum absolute atomic E-state index is 13.8. The molecular weight excluding hydrogens is 592 g/mol. The second-order valence-corrected chi connectivity index (χ2v) is 12.2. The molecule has 2 aliphatic rings. The Morgan fingerprint density at radius 3 is 2.23 bits per heavy atom. The first-order chi connectivity index (χ1) is 20.5. The van der Waals surface area contributed by atoms with E-state index in [0.29, 0.717) is 55.6 Å². The molecule has 0 aromatic heterocycles. The molecule has 5 rings (SSSR count). The summed E-state index contributed by atoms with van der Waals surface area (Å²) in [6, 6.07) is 17.7. The van der Waals surface area contributed by atoms with Crippen LogP contribution < -0.4 is 20.1 Å². The molecule has 2 fully saturated rings. The van der Waals surface area contributed by atoms with Gasteiger partial charge < -0.3 is 30.1 Å². The van der Waals surface area contributed by atoms with Crippen LogP contribution in [0.2, 0.25) is 0 Å². The van der Waals surface area contributed by atoms with E-state index in [4.69, 9.17) is 9.47 Å². The number of aliphatic carboxylic acids is 1. The van der Waals surface area contributed by atoms with Crippen molar-refractivity contribution >= 4 is 30.1 Å². The van der Waals surface area contributed by atoms with E-state index in [9.17, 15) is 23.5 Å². The van der Waals surface area contributed by atoms with Crippen LogP contribution in [-0.4, -0.2) is 60.4 Å². The second-order valence-electron chi connectivity index (χ2n) is 12.2. The molecule has 1 heterocycles. The summed E-state index contributed by atoms with van der Waals surface area (Å²) in [5.74, 6) is -0.475. The molecule has 1 saturated heterocycles. The Kier molecular flexibility index (Phi) is 10.4. The maximum Gasteiger partial charge on any atom is 0.345 e. The van der Waals surface area contributed by atoms with Crippen molar-refractivity contribution in [2.24, 2.45) is 11.8 Å². The van der Waals surface area contributed by atoms with Crippen molar-refractivity contribution in [3.05, 3.63) is 89.5 Å². The minimum absolute atomic E-state index is 0. The van der Waals surface area contributed by atoms with Gasteiger partial charge in [0.2, 0.25) is 0 Å². The number of hydrogen-bond acceptors (Lipinski definition) is 5. The Balaban J connectivity index is 0.00000442. The third-order valence-corrected chi connectivity index (χ3v) is 8.02. The molecule has 236 valence electrons. The largest absolute Gasteiger partial charge is 0.492 e. The van der Waals surface area contributed by atoms with Crippen LogP contribution >= 0.6 is 12.4 Å². The molecule has 8 nitrogen and oxygen atoms in total. The van der Waals surface area contributed by atoms with Gasteiger partial charge in [-0.1, -0.05) is 45.0 Å². The number of urea groups is 1. The maximum atomic E-state index is 13.8. The van der Waals surface area contributed by atoms with Gasteiger partial charge in [0.05, 0.1) is 5.69 Å². The van der Waals surface area contributed by atoms with E-state index in [0.717, 1.165) is 29.3 Å². The van der Waals surface area contributed by atoms with Gasteiger partial charge in [0.15, 0.2) is 6.10 Å². The first-order valence-corrected chi connectivity index (χ1v) is 14.4. The molecular formula is C33H38ClF2N3O5. The van der Waals surface area contributed by atoms with Crippen molar-refractivity contribution in [3.8, 4) is 11.5 Å². The van der Waals surface area contributed by atoms with Gasteiger partial charge in [0, 0.05) is 38.2 Å². The smallest absolute Gasteiger partial charge is 0.345 e. The number of carbonyl (C=O) groups is 2. The Morgan fingerprint density at radius 1 is 0.977 bits per heavy atom. The van der Waals surface area contributed by atoms with Crippen molar-refractivity contribution in [2.75, 3.05) is 31.6 Å². The van der Waals surface area contributed by atoms with Crippen LogP contribution in [0.3, 0.4) is 0 Å². The molecule has 2 amide bonds. The van der Waals surface area contributed by atoms with Gasteiger partial charge in [-0.3, -0.25) is 0 Å². The molecule has 3 aromatic rings. The number of benzene rings is 3. The molecule has 0 radical (unpaired) electrons. The summed E-state index contributed by atoms with van der Waals surface area (Å²) in [6.45, 7) is 8.53. The van der Waals surface area contributed by atoms with Gasteiger partial charge in [-0.25, -0.2) is 18.4 Å². The van der Waals surface area contributed by atoms with Crippen molar-refractivity contribution in [1.82, 2.24) is 10.2 Å². The molecule has 1 aliphatic carbocycles. The number of hydrogen-bond donors (Lipinski definition) is 3. The summed E-state index contributed by atoms with van der Waals surface area (Å²) in [5.41, 5.74) is 1.80. The van der Waals surface area contributed by atoms with E-state index in [1.54, 1.807) is 17.0 Å². The summed E-state index contributed by atoms with van der Waals surface area (Å²) in [6.07, 6.45) is -0.798. The topological polar surface area (TPSA) is 100 Å². The normalized spacial score (nSPS) is 19.4. The number of fused-ring (bicyclic) bond motifs is 1. The number of amides is 2. The summed E-state index contributed by atoms with van der Waals surface area (Å²) in [4.78, 5) is 25.9. The van der Waals surface area contributed by atoms with Gasteiger partial charge in [-0.05, 0) is 64.8 Å². The van der Waals surface area contributed by atoms with E-state index in [2.05, 4.69) is 31.4 Å². The lowest BCUT2D eigenvalue weighted by Crippen LogP contribution is -2.39. The van der Waals surface area contributed by atoms with E-state index < -0.39 is 29.7 Å². The van der Waals surface area contributed by atoms with Crippen LogP contribution in [0.25, 0.3) is 0 Å². The fraction of sp³-hybridized carbons (Fsp3) is 0.394. The van der Waals surface area contributed by atoms with E-state index in [1.807, 2.05) is 36.4 Å². The highest BCUT2D eigenvalue weighted by Crippen LogP contribution is 2.45. The lowest BCUT2D eigenvalue weighted by molar-refractivity contribution is -0.145. The third kappa shape index (κ3) is 8.18. The zero-order valence-corrected chi connectivity index (χ0v) is 25.7. The first-order valence-electron chi connectivity index (χ1n) is 14.4. The fourth-order valence-electron chi connectivity index (χ4n) is 5.49. The van der Waals surface area contributed by atoms with Gasteiger partial charge in [-0.2, -0.15) is 0 Å². The molecule has 4 atom stereocenters. The highest BCUT2D eigenvalue weighted by Gasteiger charge is 2.56. The van der Waals surface area contributed by atoms with Crippen molar-refractivity contribution in [3.63, 3.8) is 0 Å². The number of carbonyl (C=O) groups excluding carboxylic acids is 1. The molecule has 0 spiro atoms. The zero-order chi connectivity index (χ0) is 30.7. The SMILES string of the molecule is CC(C)(C)c1ccc(O[C@@H](Cc2ccc(OCCNC3C4CN(C(=O)Nc5cc(F)ccc5F)C[C@@H]43)cc2)C(=O)O)cc1.Cl. The van der Waals surface area contributed by atoms with E-state index >= 15 is 0 Å². The number of ether oxygens (including phenoxy) is 2. The molecule has 0 bridgehead atoms. The van der Waals surface area contributed by atoms with Crippen LogP contribution in [0.4, 0.5) is 19.3 Å². The summed E-state index contributed by atoms with van der Waals surface area (Å²) >= 11 is 0. The predicted octanol–water partition coefficient (Wildman–Crippen LogP) is 5.89. The summed E-state index contributed by atoms with van der Waals surface area (Å²) < 4.78 is 38.8. The fourth-order valence-corrected chi connectivity index (χ4v) is 5.49. The lowest BCUT2D eigenvalue weighted by Gasteiger charge is -2.21. The van der Waals surface area contributed by atoms with Crippen LogP contribution in [0.15, 0.2) is 66.7 Å². The number of nitrogens with one attached hydrogen (secondary N) is 2. The number of carboxylic acids is 1. The van der Waals surface area contributed by atoms with Crippen molar-refractivity contribution in [2.45, 2.75) is 44.8 Å². The number of piperidine rings is 1. The second kappa shape index (κ2) is 13.8. The Labute approximate surface area is 262 Å². The molecule has 1 aliphatic heterocycles. The number of carboxylic acid groups (broad SMARTS) is 1. The number of halogens is 3. The van der Waals surface area contributed by atoms with Crippen molar-refractivity contribution in [1.29, 1.82) is 0 Å². The Hall–Kier alpha value is -3.89. The average Bonchev–Trinajstić information content (AvgIpc) is 3.40. The van der Waals surface area contributed by atoms with E-state index in [1.165, 1.54) is 0 Å². The van der Waals surface area contributed by atoms with Crippen LogP contribution in [0.5, 0.6) is 11.5 Å². The number of nitrogens with zero attached hydrogens (tertiary/aromatic N) is 1. The van der Waals surface area contributed by atoms with Crippen LogP contribution in [0.1, 0.15) is 31.9 Å². The number of rotatable bonds is 11. The monoisotopic (exact) mass is 629 g/mol.